The molecule has 0 N–H and O–H groups in total. The van der Waals surface area contributed by atoms with E-state index in [1.807, 2.05) is 24.3 Å². The van der Waals surface area contributed by atoms with Gasteiger partial charge in [-0.3, -0.25) is 0 Å². The summed E-state index contributed by atoms with van der Waals surface area (Å²) in [6, 6.07) is 7.99. The second-order valence-electron chi connectivity index (χ2n) is 7.64. The zero-order valence-electron chi connectivity index (χ0n) is 18.8. The highest BCUT2D eigenvalue weighted by Gasteiger charge is 2.03. The van der Waals surface area contributed by atoms with E-state index in [0.29, 0.717) is 12.4 Å². The predicted molar refractivity (Wildman–Crippen MR) is 122 cm³/mol. The Morgan fingerprint density at radius 3 is 1.77 bits per heavy atom. The summed E-state index contributed by atoms with van der Waals surface area (Å²) in [5.74, 6) is 2.32. The van der Waals surface area contributed by atoms with E-state index in [1.165, 1.54) is 38.5 Å². The third-order valence-electron chi connectivity index (χ3n) is 5.02. The summed E-state index contributed by atoms with van der Waals surface area (Å²) in [5, 5.41) is 0. The molecule has 0 atom stereocenters. The molecule has 1 aromatic carbocycles. The molecule has 0 saturated carbocycles. The van der Waals surface area contributed by atoms with Gasteiger partial charge in [-0.05, 0) is 49.9 Å². The first-order valence-corrected chi connectivity index (χ1v) is 11.5. The average molecular weight is 415 g/mol. The molecule has 0 amide bonds. The molecule has 1 aromatic heterocycles. The number of rotatable bonds is 17. The molecule has 0 unspecified atom stereocenters. The number of methoxy groups -OCH3 is 1. The van der Waals surface area contributed by atoms with Crippen LogP contribution in [0.4, 0.5) is 0 Å². The maximum Gasteiger partial charge on any atom is 0.159 e. The largest absolute Gasteiger partial charge is 0.494 e. The first-order chi connectivity index (χ1) is 14.8. The van der Waals surface area contributed by atoms with Crippen LogP contribution in [-0.2, 0) is 4.74 Å². The van der Waals surface area contributed by atoms with Gasteiger partial charge in [0.05, 0.1) is 25.6 Å². The second-order valence-corrected chi connectivity index (χ2v) is 7.64. The van der Waals surface area contributed by atoms with Crippen LogP contribution in [0.3, 0.4) is 0 Å². The van der Waals surface area contributed by atoms with Crippen LogP contribution in [0.2, 0.25) is 0 Å². The normalized spacial score (nSPS) is 10.9. The van der Waals surface area contributed by atoms with E-state index in [9.17, 15) is 0 Å². The lowest BCUT2D eigenvalue weighted by molar-refractivity contribution is 0.191. The lowest BCUT2D eigenvalue weighted by Gasteiger charge is -2.08. The number of nitrogens with zero attached hydrogens (tertiary/aromatic N) is 2. The first kappa shape index (κ1) is 24.1. The lowest BCUT2D eigenvalue weighted by atomic mass is 10.1. The zero-order valence-corrected chi connectivity index (χ0v) is 18.8. The van der Waals surface area contributed by atoms with Crippen LogP contribution in [0.15, 0.2) is 36.7 Å². The maximum atomic E-state index is 5.84. The van der Waals surface area contributed by atoms with E-state index in [0.717, 1.165) is 56.0 Å². The molecule has 30 heavy (non-hydrogen) atoms. The highest BCUT2D eigenvalue weighted by Crippen LogP contribution is 2.21. The Bertz CT molecular complexity index is 600. The van der Waals surface area contributed by atoms with Gasteiger partial charge in [-0.2, -0.15) is 0 Å². The van der Waals surface area contributed by atoms with Crippen molar-refractivity contribution in [3.63, 3.8) is 0 Å². The molecule has 0 radical (unpaired) electrons. The van der Waals surface area contributed by atoms with Gasteiger partial charge >= 0.3 is 0 Å². The number of aromatic nitrogens is 2. The smallest absolute Gasteiger partial charge is 0.159 e. The molecular formula is C25H38N2O3. The number of unbranched alkanes of at least 4 members (excludes halogenated alkanes) is 8. The van der Waals surface area contributed by atoms with Crippen molar-refractivity contribution < 1.29 is 14.2 Å². The molecule has 5 nitrogen and oxygen atoms in total. The summed E-state index contributed by atoms with van der Waals surface area (Å²) in [7, 11) is 1.74. The standard InChI is InChI=1S/C25H38N2O3/c1-3-4-5-6-7-11-18-29-23-15-13-22(14-16-23)25-26-20-24(21-27-25)30-19-12-9-8-10-17-28-2/h13-16,20-21H,3-12,17-19H2,1-2H3. The number of ether oxygens (including phenoxy) is 3. The summed E-state index contributed by atoms with van der Waals surface area (Å²) in [4.78, 5) is 8.87. The van der Waals surface area contributed by atoms with Crippen molar-refractivity contribution in [3.8, 4) is 22.9 Å². The molecule has 0 aliphatic heterocycles. The Balaban J connectivity index is 1.65. The minimum Gasteiger partial charge on any atom is -0.494 e. The van der Waals surface area contributed by atoms with Gasteiger partial charge in [-0.15, -0.1) is 0 Å². The van der Waals surface area contributed by atoms with E-state index in [4.69, 9.17) is 14.2 Å². The van der Waals surface area contributed by atoms with Crippen LogP contribution in [0.1, 0.15) is 71.1 Å². The molecule has 166 valence electrons. The van der Waals surface area contributed by atoms with Crippen molar-refractivity contribution in [1.29, 1.82) is 0 Å². The van der Waals surface area contributed by atoms with Crippen molar-refractivity contribution >= 4 is 0 Å². The molecule has 0 bridgehead atoms. The topological polar surface area (TPSA) is 53.5 Å². The molecule has 2 rings (SSSR count). The van der Waals surface area contributed by atoms with Crippen molar-refractivity contribution in [3.05, 3.63) is 36.7 Å². The van der Waals surface area contributed by atoms with Crippen LogP contribution in [0, 0.1) is 0 Å². The van der Waals surface area contributed by atoms with E-state index in [1.54, 1.807) is 19.5 Å². The van der Waals surface area contributed by atoms with E-state index < -0.39 is 0 Å². The number of hydrogen-bond donors (Lipinski definition) is 0. The highest BCUT2D eigenvalue weighted by molar-refractivity contribution is 5.56. The molecule has 0 spiro atoms. The minimum atomic E-state index is 0.695. The number of hydrogen-bond acceptors (Lipinski definition) is 5. The summed E-state index contributed by atoms with van der Waals surface area (Å²) in [6.07, 6.45) is 15.6. The van der Waals surface area contributed by atoms with Gasteiger partial charge in [0.2, 0.25) is 0 Å². The van der Waals surface area contributed by atoms with Gasteiger partial charge in [-0.25, -0.2) is 9.97 Å². The summed E-state index contributed by atoms with van der Waals surface area (Å²) < 4.78 is 16.6. The molecular weight excluding hydrogens is 376 g/mol. The van der Waals surface area contributed by atoms with Gasteiger partial charge in [0, 0.05) is 19.3 Å². The van der Waals surface area contributed by atoms with Crippen LogP contribution in [0.25, 0.3) is 11.4 Å². The lowest BCUT2D eigenvalue weighted by Crippen LogP contribution is -2.00. The summed E-state index contributed by atoms with van der Waals surface area (Å²) in [5.41, 5.74) is 0.978. The fourth-order valence-corrected chi connectivity index (χ4v) is 3.20. The molecule has 1 heterocycles. The molecule has 0 saturated heterocycles. The van der Waals surface area contributed by atoms with Gasteiger partial charge < -0.3 is 14.2 Å². The molecule has 5 heteroatoms. The highest BCUT2D eigenvalue weighted by atomic mass is 16.5. The van der Waals surface area contributed by atoms with Crippen molar-refractivity contribution in [2.24, 2.45) is 0 Å². The predicted octanol–water partition coefficient (Wildman–Crippen LogP) is 6.47. The minimum absolute atomic E-state index is 0.695. The maximum absolute atomic E-state index is 5.84. The first-order valence-electron chi connectivity index (χ1n) is 11.5. The monoisotopic (exact) mass is 414 g/mol. The summed E-state index contributed by atoms with van der Waals surface area (Å²) >= 11 is 0. The van der Waals surface area contributed by atoms with Crippen LogP contribution < -0.4 is 9.47 Å². The van der Waals surface area contributed by atoms with Crippen LogP contribution in [0.5, 0.6) is 11.5 Å². The third-order valence-corrected chi connectivity index (χ3v) is 5.02. The van der Waals surface area contributed by atoms with Gasteiger partial charge in [-0.1, -0.05) is 45.4 Å². The average Bonchev–Trinajstić information content (AvgIpc) is 2.79. The molecule has 0 aliphatic rings. The van der Waals surface area contributed by atoms with Gasteiger partial charge in [0.15, 0.2) is 11.6 Å². The fourth-order valence-electron chi connectivity index (χ4n) is 3.20. The Morgan fingerprint density at radius 1 is 0.633 bits per heavy atom. The van der Waals surface area contributed by atoms with Crippen LogP contribution >= 0.6 is 0 Å². The van der Waals surface area contributed by atoms with E-state index >= 15 is 0 Å². The third kappa shape index (κ3) is 10.1. The Hall–Kier alpha value is -2.14. The Labute approximate surface area is 182 Å². The van der Waals surface area contributed by atoms with Gasteiger partial charge in [0.1, 0.15) is 5.75 Å². The SMILES string of the molecule is CCCCCCCCOc1ccc(-c2ncc(OCCCCCCOC)cn2)cc1. The second kappa shape index (κ2) is 15.7. The molecule has 0 fully saturated rings. The Morgan fingerprint density at radius 2 is 1.17 bits per heavy atom. The fraction of sp³-hybridized carbons (Fsp3) is 0.600. The zero-order chi connectivity index (χ0) is 21.3. The summed E-state index contributed by atoms with van der Waals surface area (Å²) in [6.45, 7) is 4.55. The quantitative estimate of drug-likeness (QED) is 0.278. The van der Waals surface area contributed by atoms with E-state index in [2.05, 4.69) is 16.9 Å². The van der Waals surface area contributed by atoms with Gasteiger partial charge in [0.25, 0.3) is 0 Å². The van der Waals surface area contributed by atoms with E-state index in [-0.39, 0.29) is 0 Å². The van der Waals surface area contributed by atoms with Crippen LogP contribution in [-0.4, -0.2) is 36.9 Å². The van der Waals surface area contributed by atoms with Crippen molar-refractivity contribution in [1.82, 2.24) is 9.97 Å². The number of benzene rings is 1. The molecule has 2 aromatic rings. The molecule has 0 aliphatic carbocycles. The van der Waals surface area contributed by atoms with Crippen molar-refractivity contribution in [2.75, 3.05) is 26.9 Å². The van der Waals surface area contributed by atoms with Crippen molar-refractivity contribution in [2.45, 2.75) is 71.1 Å². The Kier molecular flexibility index (Phi) is 12.6.